The van der Waals surface area contributed by atoms with Crippen LogP contribution in [0.5, 0.6) is 0 Å². The van der Waals surface area contributed by atoms with E-state index < -0.39 is 60.2 Å². The molecule has 7 N–H and O–H groups in total. The summed E-state index contributed by atoms with van der Waals surface area (Å²) in [5.74, 6) is -5.11. The van der Waals surface area contributed by atoms with Gasteiger partial charge in [0.1, 0.15) is 18.1 Å². The normalized spacial score (nSPS) is 15.8. The Morgan fingerprint density at radius 1 is 0.903 bits per heavy atom. The van der Waals surface area contributed by atoms with Crippen LogP contribution in [0, 0.1) is 11.8 Å². The van der Waals surface area contributed by atoms with Gasteiger partial charge in [-0.25, -0.2) is 4.79 Å². The highest BCUT2D eigenvalue weighted by Crippen LogP contribution is 2.10. The van der Waals surface area contributed by atoms with Crippen LogP contribution in [0.4, 0.5) is 0 Å². The molecular formula is C19H34N4O7S. The van der Waals surface area contributed by atoms with E-state index in [1.807, 2.05) is 0 Å². The lowest BCUT2D eigenvalue weighted by atomic mass is 9.97. The van der Waals surface area contributed by atoms with Crippen LogP contribution >= 0.6 is 12.6 Å². The lowest BCUT2D eigenvalue weighted by molar-refractivity contribution is -0.143. The van der Waals surface area contributed by atoms with E-state index in [2.05, 4.69) is 28.6 Å². The first-order chi connectivity index (χ1) is 14.3. The Hall–Kier alpha value is -2.34. The largest absolute Gasteiger partial charge is 0.481 e. The van der Waals surface area contributed by atoms with E-state index >= 15 is 0 Å². The molecule has 0 aromatic carbocycles. The quantitative estimate of drug-likeness (QED) is 0.166. The first-order valence-electron chi connectivity index (χ1n) is 10.1. The predicted molar refractivity (Wildman–Crippen MR) is 116 cm³/mol. The Morgan fingerprint density at radius 2 is 1.45 bits per heavy atom. The van der Waals surface area contributed by atoms with Gasteiger partial charge in [-0.15, -0.1) is 0 Å². The number of carbonyl (C=O) groups excluding carboxylic acids is 3. The monoisotopic (exact) mass is 462 g/mol. The van der Waals surface area contributed by atoms with Crippen LogP contribution in [0.3, 0.4) is 0 Å². The number of hydrogen-bond donors (Lipinski definition) is 7. The zero-order chi connectivity index (χ0) is 24.3. The Labute approximate surface area is 187 Å². The molecule has 0 aromatic heterocycles. The third-order valence-electron chi connectivity index (χ3n) is 4.89. The Balaban J connectivity index is 5.34. The molecule has 0 fully saturated rings. The molecule has 0 bridgehead atoms. The third-order valence-corrected chi connectivity index (χ3v) is 5.26. The average molecular weight is 463 g/mol. The molecule has 0 heterocycles. The van der Waals surface area contributed by atoms with E-state index in [0.717, 1.165) is 0 Å². The third kappa shape index (κ3) is 10.0. The molecule has 5 unspecified atom stereocenters. The zero-order valence-corrected chi connectivity index (χ0v) is 19.1. The molecule has 0 spiro atoms. The number of nitrogens with one attached hydrogen (secondary N) is 3. The van der Waals surface area contributed by atoms with Crippen molar-refractivity contribution < 1.29 is 34.2 Å². The number of hydrogen-bond acceptors (Lipinski definition) is 7. The number of carboxylic acid groups (broad SMARTS) is 2. The van der Waals surface area contributed by atoms with Gasteiger partial charge in [-0.3, -0.25) is 19.2 Å². The van der Waals surface area contributed by atoms with Crippen LogP contribution in [0.2, 0.25) is 0 Å². The number of rotatable bonds is 14. The van der Waals surface area contributed by atoms with Gasteiger partial charge in [0.15, 0.2) is 0 Å². The number of amides is 3. The van der Waals surface area contributed by atoms with Crippen molar-refractivity contribution in [1.82, 2.24) is 16.0 Å². The van der Waals surface area contributed by atoms with Gasteiger partial charge in [0.05, 0.1) is 6.04 Å². The highest BCUT2D eigenvalue weighted by molar-refractivity contribution is 7.80. The number of carbonyl (C=O) groups is 5. The van der Waals surface area contributed by atoms with Gasteiger partial charge < -0.3 is 31.9 Å². The fourth-order valence-corrected chi connectivity index (χ4v) is 2.76. The summed E-state index contributed by atoms with van der Waals surface area (Å²) >= 11 is 4.08. The van der Waals surface area contributed by atoms with E-state index in [9.17, 15) is 29.1 Å². The van der Waals surface area contributed by atoms with Crippen molar-refractivity contribution in [2.45, 2.75) is 71.1 Å². The SMILES string of the molecule is CCC(C)C(NC(=O)C(CS)NC(=O)C(N)C(C)C)C(=O)NC(CCC(=O)O)C(=O)O. The van der Waals surface area contributed by atoms with Gasteiger partial charge in [-0.05, 0) is 18.3 Å². The summed E-state index contributed by atoms with van der Waals surface area (Å²) in [5, 5.41) is 25.3. The number of thiol groups is 1. The van der Waals surface area contributed by atoms with Crippen molar-refractivity contribution >= 4 is 42.3 Å². The lowest BCUT2D eigenvalue weighted by Gasteiger charge is -2.28. The summed E-state index contributed by atoms with van der Waals surface area (Å²) in [6.07, 6.45) is -0.261. The van der Waals surface area contributed by atoms with Crippen molar-refractivity contribution in [3.05, 3.63) is 0 Å². The minimum Gasteiger partial charge on any atom is -0.481 e. The first-order valence-corrected chi connectivity index (χ1v) is 10.7. The van der Waals surface area contributed by atoms with E-state index in [1.165, 1.54) is 0 Å². The van der Waals surface area contributed by atoms with Gasteiger partial charge in [-0.2, -0.15) is 12.6 Å². The molecule has 11 nitrogen and oxygen atoms in total. The van der Waals surface area contributed by atoms with Crippen molar-refractivity contribution in [1.29, 1.82) is 0 Å². The van der Waals surface area contributed by atoms with E-state index in [4.69, 9.17) is 10.8 Å². The second-order valence-electron chi connectivity index (χ2n) is 7.72. The molecule has 12 heteroatoms. The van der Waals surface area contributed by atoms with Crippen LogP contribution in [0.1, 0.15) is 47.0 Å². The van der Waals surface area contributed by atoms with Gasteiger partial charge in [0.25, 0.3) is 0 Å². The minimum atomic E-state index is -1.42. The van der Waals surface area contributed by atoms with Gasteiger partial charge in [-0.1, -0.05) is 34.1 Å². The van der Waals surface area contributed by atoms with Gasteiger partial charge >= 0.3 is 11.9 Å². The highest BCUT2D eigenvalue weighted by Gasteiger charge is 2.32. The molecule has 31 heavy (non-hydrogen) atoms. The van der Waals surface area contributed by atoms with Crippen molar-refractivity contribution in [2.75, 3.05) is 5.75 Å². The smallest absolute Gasteiger partial charge is 0.326 e. The molecule has 0 aliphatic heterocycles. The number of aliphatic carboxylic acids is 2. The van der Waals surface area contributed by atoms with E-state index in [1.54, 1.807) is 27.7 Å². The summed E-state index contributed by atoms with van der Waals surface area (Å²) in [6.45, 7) is 7.00. The molecule has 0 saturated carbocycles. The van der Waals surface area contributed by atoms with E-state index in [-0.39, 0.29) is 24.0 Å². The van der Waals surface area contributed by atoms with Crippen LogP contribution in [-0.2, 0) is 24.0 Å². The maximum atomic E-state index is 12.7. The van der Waals surface area contributed by atoms with E-state index in [0.29, 0.717) is 6.42 Å². The maximum absolute atomic E-state index is 12.7. The maximum Gasteiger partial charge on any atom is 0.326 e. The summed E-state index contributed by atoms with van der Waals surface area (Å²) in [6, 6.07) is -4.39. The predicted octanol–water partition coefficient (Wildman–Crippen LogP) is -0.651. The summed E-state index contributed by atoms with van der Waals surface area (Å²) in [7, 11) is 0. The van der Waals surface area contributed by atoms with Gasteiger partial charge in [0.2, 0.25) is 17.7 Å². The Bertz CT molecular complexity index is 659. The molecule has 0 saturated heterocycles. The fourth-order valence-electron chi connectivity index (χ4n) is 2.51. The first kappa shape index (κ1) is 28.7. The fraction of sp³-hybridized carbons (Fsp3) is 0.737. The standard InChI is InChI=1S/C19H34N4O7S/c1-5-10(4)15(18(28)21-11(19(29)30)6-7-13(24)25)23-16(26)12(8-31)22-17(27)14(20)9(2)3/h9-12,14-15,31H,5-8,20H2,1-4H3,(H,21,28)(H,22,27)(H,23,26)(H,24,25)(H,29,30). The van der Waals surface area contributed by atoms with Gasteiger partial charge in [0, 0.05) is 12.2 Å². The Morgan fingerprint density at radius 3 is 1.87 bits per heavy atom. The average Bonchev–Trinajstić information content (AvgIpc) is 2.70. The highest BCUT2D eigenvalue weighted by atomic mass is 32.1. The van der Waals surface area contributed by atoms with Crippen LogP contribution in [0.15, 0.2) is 0 Å². The topological polar surface area (TPSA) is 188 Å². The summed E-state index contributed by atoms with van der Waals surface area (Å²) in [5.41, 5.74) is 5.79. The van der Waals surface area contributed by atoms with Crippen molar-refractivity contribution in [3.8, 4) is 0 Å². The molecule has 0 aromatic rings. The number of carboxylic acids is 2. The van der Waals surface area contributed by atoms with Crippen LogP contribution < -0.4 is 21.7 Å². The summed E-state index contributed by atoms with van der Waals surface area (Å²) in [4.78, 5) is 59.6. The molecule has 3 amide bonds. The lowest BCUT2D eigenvalue weighted by Crippen LogP contribution is -2.59. The molecule has 0 aliphatic rings. The second-order valence-corrected chi connectivity index (χ2v) is 8.08. The molecule has 5 atom stereocenters. The van der Waals surface area contributed by atoms with Crippen molar-refractivity contribution in [2.24, 2.45) is 17.6 Å². The van der Waals surface area contributed by atoms with Crippen LogP contribution in [0.25, 0.3) is 0 Å². The molecular weight excluding hydrogens is 428 g/mol. The second kappa shape index (κ2) is 13.9. The molecule has 0 rings (SSSR count). The van der Waals surface area contributed by atoms with Crippen molar-refractivity contribution in [3.63, 3.8) is 0 Å². The minimum absolute atomic E-state index is 0.0480. The molecule has 178 valence electrons. The number of nitrogens with two attached hydrogens (primary N) is 1. The zero-order valence-electron chi connectivity index (χ0n) is 18.3. The Kier molecular flexibility index (Phi) is 12.8. The molecule has 0 radical (unpaired) electrons. The van der Waals surface area contributed by atoms with Crippen LogP contribution in [-0.4, -0.2) is 69.8 Å². The molecule has 0 aliphatic carbocycles. The summed E-state index contributed by atoms with van der Waals surface area (Å²) < 4.78 is 0.